The summed E-state index contributed by atoms with van der Waals surface area (Å²) in [6.45, 7) is 12.0. The van der Waals surface area contributed by atoms with E-state index < -0.39 is 7.82 Å². The second-order valence-corrected chi connectivity index (χ2v) is 10.6. The van der Waals surface area contributed by atoms with Crippen LogP contribution in [0.4, 0.5) is 0 Å². The predicted octanol–water partition coefficient (Wildman–Crippen LogP) is 7.07. The molecule has 184 valence electrons. The molecule has 0 fully saturated rings. The van der Waals surface area contributed by atoms with Crippen molar-refractivity contribution in [2.75, 3.05) is 0 Å². The number of ketones is 2. The summed E-state index contributed by atoms with van der Waals surface area (Å²) in [7, 11) is -4.90. The summed E-state index contributed by atoms with van der Waals surface area (Å²) in [5.74, 6) is -0.666. The predicted molar refractivity (Wildman–Crippen MR) is 133 cm³/mol. The fourth-order valence-electron chi connectivity index (χ4n) is 3.62. The van der Waals surface area contributed by atoms with E-state index in [9.17, 15) is 23.9 Å². The van der Waals surface area contributed by atoms with Gasteiger partial charge in [0.2, 0.25) is 0 Å². The van der Waals surface area contributed by atoms with Gasteiger partial charge in [-0.2, -0.15) is 0 Å². The minimum atomic E-state index is -4.90. The van der Waals surface area contributed by atoms with Gasteiger partial charge in [-0.1, -0.05) is 49.3 Å². The Kier molecular flexibility index (Phi) is 12.0. The SMILES string of the molecule is CC(C)=CCCC(C)CC(=O)c1cccc(OP(=O)(O)O)c1C(=O)CC(C)CCC=C(C)C. The molecular weight excluding hydrogens is 439 g/mol. The number of hydrogen-bond donors (Lipinski definition) is 2. The molecule has 7 heteroatoms. The summed E-state index contributed by atoms with van der Waals surface area (Å²) < 4.78 is 16.3. The van der Waals surface area contributed by atoms with Gasteiger partial charge >= 0.3 is 7.82 Å². The van der Waals surface area contributed by atoms with Crippen LogP contribution < -0.4 is 4.52 Å². The maximum absolute atomic E-state index is 13.2. The number of Topliss-reactive ketones (excluding diaryl/α,β-unsaturated/α-hetero) is 2. The van der Waals surface area contributed by atoms with Crippen molar-refractivity contribution in [3.63, 3.8) is 0 Å². The van der Waals surface area contributed by atoms with Gasteiger partial charge < -0.3 is 4.52 Å². The Morgan fingerprint density at radius 1 is 0.909 bits per heavy atom. The van der Waals surface area contributed by atoms with Crippen LogP contribution in [0.3, 0.4) is 0 Å². The Bertz CT molecular complexity index is 917. The molecule has 0 radical (unpaired) electrons. The Hall–Kier alpha value is -2.01. The number of benzene rings is 1. The van der Waals surface area contributed by atoms with Gasteiger partial charge in [-0.3, -0.25) is 19.4 Å². The average Bonchev–Trinajstić information content (AvgIpc) is 2.65. The lowest BCUT2D eigenvalue weighted by molar-refractivity contribution is 0.0927. The van der Waals surface area contributed by atoms with Gasteiger partial charge in [-0.15, -0.1) is 0 Å². The summed E-state index contributed by atoms with van der Waals surface area (Å²) in [6.07, 6.45) is 7.97. The van der Waals surface area contributed by atoms with Crippen molar-refractivity contribution in [1.82, 2.24) is 0 Å². The molecule has 0 heterocycles. The zero-order valence-electron chi connectivity index (χ0n) is 20.8. The van der Waals surface area contributed by atoms with E-state index in [1.165, 1.54) is 23.3 Å². The van der Waals surface area contributed by atoms with Gasteiger partial charge in [0.1, 0.15) is 5.75 Å². The van der Waals surface area contributed by atoms with Gasteiger partial charge in [0.25, 0.3) is 0 Å². The summed E-state index contributed by atoms with van der Waals surface area (Å²) in [4.78, 5) is 45.0. The zero-order valence-corrected chi connectivity index (χ0v) is 21.7. The first-order valence-corrected chi connectivity index (χ1v) is 13.0. The smallest absolute Gasteiger partial charge is 0.403 e. The lowest BCUT2D eigenvalue weighted by atomic mass is 9.89. The van der Waals surface area contributed by atoms with Crippen LogP contribution in [0.25, 0.3) is 0 Å². The molecule has 2 N–H and O–H groups in total. The summed E-state index contributed by atoms with van der Waals surface area (Å²) >= 11 is 0. The molecule has 1 aromatic rings. The topological polar surface area (TPSA) is 101 Å². The van der Waals surface area contributed by atoms with Gasteiger partial charge in [0.15, 0.2) is 11.6 Å². The number of allylic oxidation sites excluding steroid dienone is 4. The van der Waals surface area contributed by atoms with Crippen LogP contribution in [0.5, 0.6) is 5.75 Å². The van der Waals surface area contributed by atoms with E-state index in [4.69, 9.17) is 4.52 Å². The van der Waals surface area contributed by atoms with Crippen LogP contribution in [-0.4, -0.2) is 21.4 Å². The lowest BCUT2D eigenvalue weighted by Crippen LogP contribution is -2.15. The maximum Gasteiger partial charge on any atom is 0.524 e. The third-order valence-corrected chi connectivity index (χ3v) is 5.75. The Morgan fingerprint density at radius 3 is 1.85 bits per heavy atom. The summed E-state index contributed by atoms with van der Waals surface area (Å²) in [6, 6.07) is 4.36. The Morgan fingerprint density at radius 2 is 1.39 bits per heavy atom. The van der Waals surface area contributed by atoms with E-state index in [2.05, 4.69) is 12.2 Å². The minimum absolute atomic E-state index is 0.0311. The molecule has 2 atom stereocenters. The number of carbonyl (C=O) groups excluding carboxylic acids is 2. The molecule has 0 aliphatic carbocycles. The second-order valence-electron chi connectivity index (χ2n) is 9.44. The van der Waals surface area contributed by atoms with E-state index in [0.717, 1.165) is 25.7 Å². The highest BCUT2D eigenvalue weighted by Crippen LogP contribution is 2.41. The number of hydrogen-bond acceptors (Lipinski definition) is 4. The average molecular weight is 479 g/mol. The first-order chi connectivity index (χ1) is 15.3. The molecule has 0 aliphatic heterocycles. The van der Waals surface area contributed by atoms with Crippen molar-refractivity contribution in [2.24, 2.45) is 11.8 Å². The number of rotatable bonds is 14. The van der Waals surface area contributed by atoms with Crippen LogP contribution in [-0.2, 0) is 4.57 Å². The van der Waals surface area contributed by atoms with E-state index >= 15 is 0 Å². The molecule has 0 saturated carbocycles. The molecule has 0 saturated heterocycles. The van der Waals surface area contributed by atoms with Crippen LogP contribution in [0, 0.1) is 11.8 Å². The highest BCUT2D eigenvalue weighted by molar-refractivity contribution is 7.46. The third-order valence-electron chi connectivity index (χ3n) is 5.31. The van der Waals surface area contributed by atoms with E-state index in [-0.39, 0.29) is 53.1 Å². The fourth-order valence-corrected chi connectivity index (χ4v) is 4.03. The van der Waals surface area contributed by atoms with Gasteiger partial charge in [-0.25, -0.2) is 4.57 Å². The van der Waals surface area contributed by atoms with Crippen LogP contribution in [0.1, 0.15) is 101 Å². The number of carbonyl (C=O) groups is 2. The first kappa shape index (κ1) is 29.0. The molecule has 6 nitrogen and oxygen atoms in total. The molecule has 0 spiro atoms. The highest BCUT2D eigenvalue weighted by Gasteiger charge is 2.27. The normalized spacial score (nSPS) is 13.1. The monoisotopic (exact) mass is 478 g/mol. The molecule has 0 amide bonds. The number of phosphoric ester groups is 1. The Balaban J connectivity index is 3.14. The van der Waals surface area contributed by atoms with Gasteiger partial charge in [0, 0.05) is 18.4 Å². The summed E-state index contributed by atoms with van der Waals surface area (Å²) in [5.41, 5.74) is 2.57. The fraction of sp³-hybridized carbons (Fsp3) is 0.538. The zero-order chi connectivity index (χ0) is 25.2. The van der Waals surface area contributed by atoms with Gasteiger partial charge in [0.05, 0.1) is 5.56 Å². The second kappa shape index (κ2) is 13.6. The molecule has 2 unspecified atom stereocenters. The van der Waals surface area contributed by atoms with E-state index in [1.807, 2.05) is 41.5 Å². The molecule has 1 rings (SSSR count). The standard InChI is InChI=1S/C26H39O6P/c1-18(2)10-7-12-20(5)16-23(27)22-14-9-15-25(32-33(29,30)31)26(22)24(28)17-21(6)13-8-11-19(3)4/h9-11,14-15,20-21H,7-8,12-13,16-17H2,1-6H3,(H2,29,30,31). The molecule has 1 aromatic carbocycles. The highest BCUT2D eigenvalue weighted by atomic mass is 31.2. The third kappa shape index (κ3) is 11.6. The quantitative estimate of drug-likeness (QED) is 0.168. The molecule has 0 aliphatic rings. The Labute approximate surface area is 198 Å². The van der Waals surface area contributed by atoms with E-state index in [0.29, 0.717) is 0 Å². The molecule has 0 bridgehead atoms. The minimum Gasteiger partial charge on any atom is -0.403 e. The van der Waals surface area contributed by atoms with Crippen molar-refractivity contribution < 1.29 is 28.5 Å². The van der Waals surface area contributed by atoms with Crippen LogP contribution in [0.2, 0.25) is 0 Å². The van der Waals surface area contributed by atoms with Crippen molar-refractivity contribution in [3.05, 3.63) is 52.6 Å². The summed E-state index contributed by atoms with van der Waals surface area (Å²) in [5, 5.41) is 0. The van der Waals surface area contributed by atoms with Gasteiger partial charge in [-0.05, 0) is 71.3 Å². The molecular formula is C26H39O6P. The largest absolute Gasteiger partial charge is 0.524 e. The van der Waals surface area contributed by atoms with Crippen molar-refractivity contribution in [3.8, 4) is 5.75 Å². The van der Waals surface area contributed by atoms with Crippen LogP contribution in [0.15, 0.2) is 41.5 Å². The van der Waals surface area contributed by atoms with Crippen LogP contribution >= 0.6 is 7.82 Å². The lowest BCUT2D eigenvalue weighted by Gasteiger charge is -2.17. The van der Waals surface area contributed by atoms with Crippen molar-refractivity contribution in [1.29, 1.82) is 0 Å². The number of phosphoric acid groups is 1. The first-order valence-electron chi connectivity index (χ1n) is 11.5. The van der Waals surface area contributed by atoms with E-state index in [1.54, 1.807) is 6.07 Å². The molecule has 33 heavy (non-hydrogen) atoms. The molecule has 0 aromatic heterocycles. The van der Waals surface area contributed by atoms with Crippen molar-refractivity contribution >= 4 is 19.4 Å². The maximum atomic E-state index is 13.2. The van der Waals surface area contributed by atoms with Crippen molar-refractivity contribution in [2.45, 2.75) is 80.1 Å².